The lowest BCUT2D eigenvalue weighted by molar-refractivity contribution is -0.127. The van der Waals surface area contributed by atoms with E-state index in [1.165, 1.54) is 0 Å². The van der Waals surface area contributed by atoms with Gasteiger partial charge in [-0.15, -0.1) is 20.4 Å². The topological polar surface area (TPSA) is 304 Å². The number of aromatic nitrogens is 8. The molecule has 2 saturated carbocycles. The molecule has 10 atom stereocenters. The predicted molar refractivity (Wildman–Crippen MR) is 206 cm³/mol. The van der Waals surface area contributed by atoms with Crippen LogP contribution in [0.1, 0.15) is 49.9 Å². The zero-order valence-electron chi connectivity index (χ0n) is 31.5. The summed E-state index contributed by atoms with van der Waals surface area (Å²) in [5.41, 5.74) is 28.7. The molecule has 0 bridgehead atoms. The highest BCUT2D eigenvalue weighted by Gasteiger charge is 2.42. The molecule has 12 N–H and O–H groups in total. The molecule has 5 aromatic rings. The van der Waals surface area contributed by atoms with E-state index in [4.69, 9.17) is 36.8 Å². The van der Waals surface area contributed by atoms with Gasteiger partial charge in [-0.2, -0.15) is 0 Å². The normalized spacial score (nSPS) is 27.9. The number of aryl methyl sites for hydroxylation is 2. The molecule has 0 saturated heterocycles. The Hall–Kier alpha value is -4.54. The fourth-order valence-corrected chi connectivity index (χ4v) is 7.33. The van der Waals surface area contributed by atoms with Gasteiger partial charge in [0.05, 0.1) is 47.4 Å². The number of rotatable bonds is 16. The minimum Gasteiger partial charge on any atom is -0.416 e. The number of hydrogen-bond donors (Lipinski definition) is 8. The van der Waals surface area contributed by atoms with E-state index in [1.807, 2.05) is 60.9 Å². The van der Waals surface area contributed by atoms with Crippen LogP contribution in [-0.4, -0.2) is 135 Å². The maximum atomic E-state index is 10.3. The highest BCUT2D eigenvalue weighted by atomic mass is 16.5. The molecule has 2 aliphatic rings. The van der Waals surface area contributed by atoms with Crippen molar-refractivity contribution in [3.8, 4) is 34.3 Å². The molecule has 306 valence electrons. The van der Waals surface area contributed by atoms with E-state index < -0.39 is 60.8 Å². The van der Waals surface area contributed by atoms with Gasteiger partial charge in [0.2, 0.25) is 11.8 Å². The SMILES string of the molecule is N[C@@H]1C[C@H](N)[C@@H](OCCCCc2cn(-c3ccc(-c4nnc(-c5ccc(-n6cc(CCCCO[C@H]7[C@H](O)[C@@H](O)[C@H](N)C[C@@H]7N)nn6)cc5)o4)cc3)nn2)[C@H](O)[C@H]1O. The molecule has 0 radical (unpaired) electrons. The third-order valence-electron chi connectivity index (χ3n) is 10.7. The fraction of sp³-hybridized carbons (Fsp3) is 0.526. The van der Waals surface area contributed by atoms with Gasteiger partial charge >= 0.3 is 0 Å². The summed E-state index contributed by atoms with van der Waals surface area (Å²) in [6.45, 7) is 0.797. The molecule has 7 rings (SSSR count). The summed E-state index contributed by atoms with van der Waals surface area (Å²) >= 11 is 0. The van der Waals surface area contributed by atoms with Crippen molar-refractivity contribution in [2.24, 2.45) is 22.9 Å². The number of ether oxygens (including phenoxy) is 2. The van der Waals surface area contributed by atoms with Gasteiger partial charge in [0, 0.05) is 48.5 Å². The average molecular weight is 789 g/mol. The molecule has 0 spiro atoms. The van der Waals surface area contributed by atoms with Crippen LogP contribution in [-0.2, 0) is 22.3 Å². The van der Waals surface area contributed by atoms with Gasteiger partial charge in [-0.25, -0.2) is 9.36 Å². The number of aliphatic hydroxyl groups excluding tert-OH is 4. The summed E-state index contributed by atoms with van der Waals surface area (Å²) in [7, 11) is 0. The van der Waals surface area contributed by atoms with E-state index in [2.05, 4.69) is 30.8 Å². The Labute approximate surface area is 329 Å². The second-order valence-electron chi connectivity index (χ2n) is 15.0. The van der Waals surface area contributed by atoms with Gasteiger partial charge in [-0.1, -0.05) is 10.4 Å². The predicted octanol–water partition coefficient (Wildman–Crippen LogP) is -0.459. The first-order chi connectivity index (χ1) is 27.5. The van der Waals surface area contributed by atoms with E-state index in [-0.39, 0.29) is 0 Å². The van der Waals surface area contributed by atoms with Gasteiger partial charge in [-0.3, -0.25) is 0 Å². The molecule has 3 heterocycles. The standard InChI is InChI=1S/C38H52N12O7/c39-27-17-29(41)35(33(53)31(27)51)55-15-3-1-5-23-19-49(47-43-23)25-11-7-21(8-12-25)37-45-46-38(57-37)22-9-13-26(14-10-22)50-20-24(44-48-50)6-2-4-16-56-36-30(42)18-28(40)32(52)34(36)54/h7-14,19-20,27-36,51-54H,1-6,15-18,39-42H2/t27-,28-,29+,30+,31+,32+,33-,34-,35-,36-/m1/s1. The molecule has 3 aromatic heterocycles. The van der Waals surface area contributed by atoms with Crippen LogP contribution in [0.25, 0.3) is 34.3 Å². The molecule has 19 heteroatoms. The monoisotopic (exact) mass is 788 g/mol. The van der Waals surface area contributed by atoms with Crippen molar-refractivity contribution in [1.29, 1.82) is 0 Å². The zero-order valence-corrected chi connectivity index (χ0v) is 31.5. The van der Waals surface area contributed by atoms with Crippen LogP contribution < -0.4 is 22.9 Å². The van der Waals surface area contributed by atoms with Crippen molar-refractivity contribution in [2.75, 3.05) is 13.2 Å². The smallest absolute Gasteiger partial charge is 0.248 e. The maximum Gasteiger partial charge on any atom is 0.248 e. The third kappa shape index (κ3) is 9.61. The molecular weight excluding hydrogens is 736 g/mol. The van der Waals surface area contributed by atoms with Crippen molar-refractivity contribution in [3.63, 3.8) is 0 Å². The molecule has 0 unspecified atom stereocenters. The second kappa shape index (κ2) is 18.4. The van der Waals surface area contributed by atoms with Gasteiger partial charge in [-0.05, 0) is 99.9 Å². The summed E-state index contributed by atoms with van der Waals surface area (Å²) < 4.78 is 21.0. The summed E-state index contributed by atoms with van der Waals surface area (Å²) in [5.74, 6) is 0.763. The molecule has 2 fully saturated rings. The average Bonchev–Trinajstić information content (AvgIpc) is 4.01. The van der Waals surface area contributed by atoms with Crippen LogP contribution in [0.3, 0.4) is 0 Å². The van der Waals surface area contributed by atoms with Crippen molar-refractivity contribution < 1.29 is 34.3 Å². The number of aliphatic hydroxyl groups is 4. The van der Waals surface area contributed by atoms with Crippen LogP contribution in [0.15, 0.2) is 65.3 Å². The summed E-state index contributed by atoms with van der Waals surface area (Å²) in [6.07, 6.45) is 3.44. The molecule has 57 heavy (non-hydrogen) atoms. The Kier molecular flexibility index (Phi) is 13.1. The summed E-state index contributed by atoms with van der Waals surface area (Å²) in [4.78, 5) is 0. The van der Waals surface area contributed by atoms with Crippen LogP contribution in [0.4, 0.5) is 0 Å². The highest BCUT2D eigenvalue weighted by molar-refractivity contribution is 5.60. The Morgan fingerprint density at radius 1 is 0.544 bits per heavy atom. The lowest BCUT2D eigenvalue weighted by Gasteiger charge is -2.39. The minimum atomic E-state index is -1.10. The first kappa shape index (κ1) is 40.6. The Morgan fingerprint density at radius 2 is 0.947 bits per heavy atom. The van der Waals surface area contributed by atoms with Gasteiger partial charge in [0.1, 0.15) is 24.4 Å². The number of nitrogens with zero attached hydrogens (tertiary/aromatic N) is 8. The highest BCUT2D eigenvalue weighted by Crippen LogP contribution is 2.26. The van der Waals surface area contributed by atoms with Crippen LogP contribution in [0.2, 0.25) is 0 Å². The molecular formula is C38H52N12O7. The molecule has 0 aliphatic heterocycles. The molecule has 19 nitrogen and oxygen atoms in total. The first-order valence-electron chi connectivity index (χ1n) is 19.4. The number of nitrogens with two attached hydrogens (primary N) is 4. The Balaban J connectivity index is 0.845. The maximum absolute atomic E-state index is 10.3. The number of unbranched alkanes of at least 4 members (excludes halogenated alkanes) is 2. The van der Waals surface area contributed by atoms with E-state index in [0.717, 1.165) is 59.6 Å². The Morgan fingerprint density at radius 3 is 1.35 bits per heavy atom. The third-order valence-corrected chi connectivity index (χ3v) is 10.7. The Bertz CT molecular complexity index is 1870. The van der Waals surface area contributed by atoms with Crippen molar-refractivity contribution in [1.82, 2.24) is 40.2 Å². The first-order valence-corrected chi connectivity index (χ1v) is 19.4. The second-order valence-corrected chi connectivity index (χ2v) is 15.0. The summed E-state index contributed by atoms with van der Waals surface area (Å²) in [5, 5.41) is 66.3. The lowest BCUT2D eigenvalue weighted by atomic mass is 9.85. The van der Waals surface area contributed by atoms with Gasteiger partial charge in [0.25, 0.3) is 0 Å². The van der Waals surface area contributed by atoms with Gasteiger partial charge in [0.15, 0.2) is 0 Å². The molecule has 2 aliphatic carbocycles. The van der Waals surface area contributed by atoms with E-state index >= 15 is 0 Å². The largest absolute Gasteiger partial charge is 0.416 e. The van der Waals surface area contributed by atoms with Crippen LogP contribution >= 0.6 is 0 Å². The van der Waals surface area contributed by atoms with E-state index in [0.29, 0.717) is 50.7 Å². The van der Waals surface area contributed by atoms with E-state index in [9.17, 15) is 20.4 Å². The van der Waals surface area contributed by atoms with Crippen molar-refractivity contribution >= 4 is 0 Å². The zero-order chi connectivity index (χ0) is 40.1. The fourth-order valence-electron chi connectivity index (χ4n) is 7.33. The van der Waals surface area contributed by atoms with Gasteiger partial charge < -0.3 is 57.3 Å². The number of benzene rings is 2. The van der Waals surface area contributed by atoms with Crippen molar-refractivity contribution in [3.05, 3.63) is 72.3 Å². The van der Waals surface area contributed by atoms with Crippen LogP contribution in [0, 0.1) is 0 Å². The molecule has 0 amide bonds. The molecule has 2 aromatic carbocycles. The minimum absolute atomic E-state index is 0.382. The van der Waals surface area contributed by atoms with E-state index in [1.54, 1.807) is 9.36 Å². The quantitative estimate of drug-likeness (QED) is 0.0587. The lowest BCUT2D eigenvalue weighted by Crippen LogP contribution is -2.62. The van der Waals surface area contributed by atoms with Crippen molar-refractivity contribution in [2.45, 2.75) is 112 Å². The summed E-state index contributed by atoms with van der Waals surface area (Å²) in [6, 6.07) is 13.2. The number of hydrogen-bond acceptors (Lipinski definition) is 17. The van der Waals surface area contributed by atoms with Crippen LogP contribution in [0.5, 0.6) is 0 Å².